The second-order valence-corrected chi connectivity index (χ2v) is 6.61. The Morgan fingerprint density at radius 2 is 2.11 bits per heavy atom. The van der Waals surface area contributed by atoms with E-state index in [-0.39, 0.29) is 12.1 Å². The maximum absolute atomic E-state index is 11.6. The molecule has 1 saturated heterocycles. The van der Waals surface area contributed by atoms with Crippen LogP contribution in [0.5, 0.6) is 0 Å². The first-order chi connectivity index (χ1) is 8.26. The van der Waals surface area contributed by atoms with E-state index in [1.54, 1.807) is 0 Å². The second-order valence-electron chi connectivity index (χ2n) is 6.61. The summed E-state index contributed by atoms with van der Waals surface area (Å²) < 4.78 is 5.26. The maximum atomic E-state index is 11.6. The molecule has 18 heavy (non-hydrogen) atoms. The number of rotatable bonds is 4. The number of ether oxygens (including phenoxy) is 1. The van der Waals surface area contributed by atoms with Crippen LogP contribution in [0.1, 0.15) is 47.5 Å². The van der Waals surface area contributed by atoms with E-state index < -0.39 is 5.60 Å². The zero-order valence-corrected chi connectivity index (χ0v) is 12.5. The Kier molecular flexibility index (Phi) is 5.45. The molecule has 1 N–H and O–H groups in total. The van der Waals surface area contributed by atoms with Crippen molar-refractivity contribution < 1.29 is 9.53 Å². The van der Waals surface area contributed by atoms with Crippen molar-refractivity contribution in [2.75, 3.05) is 19.6 Å². The van der Waals surface area contributed by atoms with E-state index >= 15 is 0 Å². The van der Waals surface area contributed by atoms with Gasteiger partial charge in [-0.1, -0.05) is 13.8 Å². The number of nitrogens with one attached hydrogen (secondary N) is 1. The normalized spacial score (nSPS) is 21.3. The zero-order valence-electron chi connectivity index (χ0n) is 12.5. The molecule has 1 rings (SSSR count). The van der Waals surface area contributed by atoms with E-state index in [9.17, 15) is 4.79 Å². The van der Waals surface area contributed by atoms with Gasteiger partial charge in [-0.25, -0.2) is 4.79 Å². The number of alkyl carbamates (subject to hydrolysis) is 1. The highest BCUT2D eigenvalue weighted by Crippen LogP contribution is 2.13. The van der Waals surface area contributed by atoms with Crippen LogP contribution in [0, 0.1) is 5.92 Å². The number of carbonyl (C=O) groups excluding carboxylic acids is 1. The lowest BCUT2D eigenvalue weighted by molar-refractivity contribution is 0.0506. The van der Waals surface area contributed by atoms with Crippen LogP contribution in [0.15, 0.2) is 0 Å². The highest BCUT2D eigenvalue weighted by molar-refractivity contribution is 5.68. The first-order valence-corrected chi connectivity index (χ1v) is 6.98. The summed E-state index contributed by atoms with van der Waals surface area (Å²) in [6, 6.07) is 0.243. The van der Waals surface area contributed by atoms with Crippen LogP contribution in [0.4, 0.5) is 4.79 Å². The topological polar surface area (TPSA) is 41.6 Å². The van der Waals surface area contributed by atoms with E-state index in [1.165, 1.54) is 6.42 Å². The third kappa shape index (κ3) is 6.24. The average Bonchev–Trinajstić information content (AvgIpc) is 2.59. The lowest BCUT2D eigenvalue weighted by Crippen LogP contribution is -2.40. The van der Waals surface area contributed by atoms with E-state index in [4.69, 9.17) is 4.74 Å². The van der Waals surface area contributed by atoms with Gasteiger partial charge in [-0.2, -0.15) is 0 Å². The van der Waals surface area contributed by atoms with Crippen LogP contribution < -0.4 is 5.32 Å². The first kappa shape index (κ1) is 15.3. The van der Waals surface area contributed by atoms with Gasteiger partial charge in [0.2, 0.25) is 0 Å². The number of nitrogens with zero attached hydrogens (tertiary/aromatic N) is 1. The second kappa shape index (κ2) is 6.41. The smallest absolute Gasteiger partial charge is 0.407 e. The molecule has 0 radical (unpaired) electrons. The molecule has 1 heterocycles. The lowest BCUT2D eigenvalue weighted by Gasteiger charge is -2.22. The lowest BCUT2D eigenvalue weighted by atomic mass is 10.1. The Balaban J connectivity index is 2.24. The number of carbonyl (C=O) groups is 1. The van der Waals surface area contributed by atoms with Crippen molar-refractivity contribution in [1.82, 2.24) is 10.2 Å². The fourth-order valence-electron chi connectivity index (χ4n) is 2.07. The van der Waals surface area contributed by atoms with Gasteiger partial charge in [0.05, 0.1) is 0 Å². The SMILES string of the molecule is CC(C)CCN1CCC(NC(=O)OC(C)(C)C)C1. The summed E-state index contributed by atoms with van der Waals surface area (Å²) in [5.74, 6) is 0.739. The van der Waals surface area contributed by atoms with Crippen molar-refractivity contribution in [3.63, 3.8) is 0 Å². The van der Waals surface area contributed by atoms with Gasteiger partial charge >= 0.3 is 6.09 Å². The molecular weight excluding hydrogens is 228 g/mol. The van der Waals surface area contributed by atoms with Crippen molar-refractivity contribution in [3.8, 4) is 0 Å². The fourth-order valence-corrected chi connectivity index (χ4v) is 2.07. The first-order valence-electron chi connectivity index (χ1n) is 6.98. The van der Waals surface area contributed by atoms with Crippen LogP contribution >= 0.6 is 0 Å². The van der Waals surface area contributed by atoms with E-state index in [2.05, 4.69) is 24.1 Å². The van der Waals surface area contributed by atoms with Gasteiger partial charge in [0, 0.05) is 19.1 Å². The predicted octanol–water partition coefficient (Wildman–Crippen LogP) is 2.63. The molecular formula is C14H28N2O2. The Bertz CT molecular complexity index is 271. The van der Waals surface area contributed by atoms with Crippen molar-refractivity contribution in [3.05, 3.63) is 0 Å². The van der Waals surface area contributed by atoms with Gasteiger partial charge in [-0.05, 0) is 46.1 Å². The molecule has 1 unspecified atom stereocenters. The van der Waals surface area contributed by atoms with Crippen molar-refractivity contribution in [1.29, 1.82) is 0 Å². The van der Waals surface area contributed by atoms with E-state index in [1.807, 2.05) is 20.8 Å². The highest BCUT2D eigenvalue weighted by atomic mass is 16.6. The van der Waals surface area contributed by atoms with E-state index in [0.29, 0.717) is 0 Å². The Hall–Kier alpha value is -0.770. The molecule has 0 aromatic carbocycles. The van der Waals surface area contributed by atoms with Crippen molar-refractivity contribution in [2.24, 2.45) is 5.92 Å². The van der Waals surface area contributed by atoms with Gasteiger partial charge in [-0.3, -0.25) is 0 Å². The van der Waals surface area contributed by atoms with Crippen molar-refractivity contribution in [2.45, 2.75) is 59.1 Å². The summed E-state index contributed by atoms with van der Waals surface area (Å²) in [6.07, 6.45) is 1.95. The molecule has 106 valence electrons. The van der Waals surface area contributed by atoms with E-state index in [0.717, 1.165) is 32.0 Å². The van der Waals surface area contributed by atoms with Gasteiger partial charge in [0.15, 0.2) is 0 Å². The third-order valence-corrected chi connectivity index (χ3v) is 3.02. The molecule has 1 aliphatic heterocycles. The summed E-state index contributed by atoms with van der Waals surface area (Å²) in [5, 5.41) is 2.95. The Morgan fingerprint density at radius 1 is 1.44 bits per heavy atom. The molecule has 1 aliphatic rings. The van der Waals surface area contributed by atoms with Crippen LogP contribution in [0.2, 0.25) is 0 Å². The summed E-state index contributed by atoms with van der Waals surface area (Å²) in [6.45, 7) is 13.3. The predicted molar refractivity (Wildman–Crippen MR) is 73.7 cm³/mol. The summed E-state index contributed by atoms with van der Waals surface area (Å²) in [4.78, 5) is 14.1. The summed E-state index contributed by atoms with van der Waals surface area (Å²) in [5.41, 5.74) is -0.417. The van der Waals surface area contributed by atoms with Crippen LogP contribution in [-0.2, 0) is 4.74 Å². The summed E-state index contributed by atoms with van der Waals surface area (Å²) in [7, 11) is 0. The standard InChI is InChI=1S/C14H28N2O2/c1-11(2)6-8-16-9-7-12(10-16)15-13(17)18-14(3,4)5/h11-12H,6-10H2,1-5H3,(H,15,17). The molecule has 0 spiro atoms. The highest BCUT2D eigenvalue weighted by Gasteiger charge is 2.25. The minimum atomic E-state index is -0.417. The monoisotopic (exact) mass is 256 g/mol. The molecule has 0 aromatic heterocycles. The molecule has 0 bridgehead atoms. The molecule has 1 fully saturated rings. The Morgan fingerprint density at radius 3 is 2.67 bits per heavy atom. The Labute approximate surface area is 111 Å². The fraction of sp³-hybridized carbons (Fsp3) is 0.929. The largest absolute Gasteiger partial charge is 0.444 e. The minimum absolute atomic E-state index is 0.243. The number of hydrogen-bond donors (Lipinski definition) is 1. The molecule has 4 nitrogen and oxygen atoms in total. The van der Waals surface area contributed by atoms with Crippen LogP contribution in [-0.4, -0.2) is 42.3 Å². The quantitative estimate of drug-likeness (QED) is 0.840. The number of amides is 1. The molecule has 0 saturated carbocycles. The van der Waals surface area contributed by atoms with Gasteiger partial charge in [0.25, 0.3) is 0 Å². The number of hydrogen-bond acceptors (Lipinski definition) is 3. The molecule has 0 aromatic rings. The average molecular weight is 256 g/mol. The van der Waals surface area contributed by atoms with Gasteiger partial charge in [0.1, 0.15) is 5.60 Å². The molecule has 4 heteroatoms. The zero-order chi connectivity index (χ0) is 13.8. The maximum Gasteiger partial charge on any atom is 0.407 e. The minimum Gasteiger partial charge on any atom is -0.444 e. The van der Waals surface area contributed by atoms with Crippen LogP contribution in [0.25, 0.3) is 0 Å². The van der Waals surface area contributed by atoms with Gasteiger partial charge in [-0.15, -0.1) is 0 Å². The van der Waals surface area contributed by atoms with Crippen LogP contribution in [0.3, 0.4) is 0 Å². The molecule has 0 aliphatic carbocycles. The molecule has 1 atom stereocenters. The number of likely N-dealkylation sites (tertiary alicyclic amines) is 1. The summed E-state index contributed by atoms with van der Waals surface area (Å²) >= 11 is 0. The third-order valence-electron chi connectivity index (χ3n) is 3.02. The van der Waals surface area contributed by atoms with Crippen molar-refractivity contribution >= 4 is 6.09 Å². The molecule has 1 amide bonds. The van der Waals surface area contributed by atoms with Gasteiger partial charge < -0.3 is 15.0 Å².